The van der Waals surface area contributed by atoms with Crippen molar-refractivity contribution < 1.29 is 14.3 Å². The molecule has 0 aliphatic carbocycles. The number of nitrogens with zero attached hydrogens (tertiary/aromatic N) is 3. The summed E-state index contributed by atoms with van der Waals surface area (Å²) in [5.74, 6) is 1.72. The van der Waals surface area contributed by atoms with Gasteiger partial charge in [-0.2, -0.15) is 5.10 Å². The van der Waals surface area contributed by atoms with E-state index >= 15 is 0 Å². The molecule has 1 fully saturated rings. The number of hydrogen-bond acceptors (Lipinski definition) is 6. The molecule has 166 valence electrons. The maximum absolute atomic E-state index is 12.7. The Morgan fingerprint density at radius 2 is 1.84 bits per heavy atom. The highest BCUT2D eigenvalue weighted by molar-refractivity contribution is 6.04. The van der Waals surface area contributed by atoms with Crippen LogP contribution in [0.4, 0.5) is 5.82 Å². The Balaban J connectivity index is 1.20. The van der Waals surface area contributed by atoms with E-state index < -0.39 is 0 Å². The second kappa shape index (κ2) is 9.02. The monoisotopic (exact) mass is 433 g/mol. The molecule has 2 aliphatic heterocycles. The third-order valence-corrected chi connectivity index (χ3v) is 6.03. The number of rotatable bonds is 6. The molecular weight excluding hydrogens is 406 g/mol. The first kappa shape index (κ1) is 20.5. The fourth-order valence-corrected chi connectivity index (χ4v) is 4.13. The summed E-state index contributed by atoms with van der Waals surface area (Å²) < 4.78 is 11.0. The summed E-state index contributed by atoms with van der Waals surface area (Å²) in [7, 11) is 0. The number of aromatic nitrogens is 2. The van der Waals surface area contributed by atoms with Gasteiger partial charge in [0.2, 0.25) is 6.79 Å². The van der Waals surface area contributed by atoms with E-state index in [1.54, 1.807) is 6.07 Å². The number of nitrogens with one attached hydrogen (secondary N) is 2. The van der Waals surface area contributed by atoms with Crippen molar-refractivity contribution in [2.24, 2.45) is 0 Å². The molecule has 32 heavy (non-hydrogen) atoms. The van der Waals surface area contributed by atoms with Crippen molar-refractivity contribution in [3.63, 3.8) is 0 Å². The van der Waals surface area contributed by atoms with Crippen molar-refractivity contribution in [2.75, 3.05) is 44.8 Å². The first-order valence-electron chi connectivity index (χ1n) is 11.0. The van der Waals surface area contributed by atoms with Gasteiger partial charge < -0.3 is 19.7 Å². The minimum Gasteiger partial charge on any atom is -0.454 e. The van der Waals surface area contributed by atoms with Gasteiger partial charge in [0.1, 0.15) is 5.82 Å². The van der Waals surface area contributed by atoms with Crippen LogP contribution >= 0.6 is 0 Å². The minimum atomic E-state index is -0.179. The summed E-state index contributed by atoms with van der Waals surface area (Å²) in [6.07, 6.45) is 0. The van der Waals surface area contributed by atoms with Crippen LogP contribution in [0.5, 0.6) is 11.5 Å². The third-order valence-electron chi connectivity index (χ3n) is 6.03. The molecule has 2 N–H and O–H groups in total. The lowest BCUT2D eigenvalue weighted by Gasteiger charge is -2.34. The van der Waals surface area contributed by atoms with Crippen LogP contribution in [0, 0.1) is 0 Å². The van der Waals surface area contributed by atoms with Crippen LogP contribution in [0.3, 0.4) is 0 Å². The lowest BCUT2D eigenvalue weighted by Crippen LogP contribution is -2.45. The molecule has 8 nitrogen and oxygen atoms in total. The number of amides is 1. The van der Waals surface area contributed by atoms with E-state index in [2.05, 4.69) is 32.2 Å². The average molecular weight is 434 g/mol. The fourth-order valence-electron chi connectivity index (χ4n) is 4.13. The Morgan fingerprint density at radius 3 is 2.62 bits per heavy atom. The van der Waals surface area contributed by atoms with Crippen molar-refractivity contribution in [3.05, 3.63) is 59.7 Å². The van der Waals surface area contributed by atoms with Gasteiger partial charge in [0.05, 0.1) is 5.69 Å². The molecule has 1 saturated heterocycles. The van der Waals surface area contributed by atoms with Crippen molar-refractivity contribution in [2.45, 2.75) is 13.5 Å². The molecule has 0 bridgehead atoms. The number of carbonyl (C=O) groups is 1. The number of likely N-dealkylation sites (N-methyl/N-ethyl adjacent to an activating group) is 1. The second-order valence-electron chi connectivity index (χ2n) is 8.07. The van der Waals surface area contributed by atoms with Crippen LogP contribution in [-0.2, 0) is 6.54 Å². The molecule has 0 atom stereocenters. The number of ether oxygens (including phenoxy) is 2. The molecule has 3 heterocycles. The van der Waals surface area contributed by atoms with Crippen molar-refractivity contribution in [3.8, 4) is 22.8 Å². The highest BCUT2D eigenvalue weighted by atomic mass is 16.7. The highest BCUT2D eigenvalue weighted by Crippen LogP contribution is 2.40. The quantitative estimate of drug-likeness (QED) is 0.621. The molecule has 1 amide bonds. The van der Waals surface area contributed by atoms with Gasteiger partial charge in [-0.1, -0.05) is 25.1 Å². The summed E-state index contributed by atoms with van der Waals surface area (Å²) in [6.45, 7) is 8.84. The second-order valence-corrected chi connectivity index (χ2v) is 8.07. The minimum absolute atomic E-state index is 0.179. The lowest BCUT2D eigenvalue weighted by atomic mass is 10.1. The van der Waals surface area contributed by atoms with Gasteiger partial charge in [-0.05, 0) is 36.4 Å². The maximum atomic E-state index is 12.7. The molecule has 5 rings (SSSR count). The van der Waals surface area contributed by atoms with Gasteiger partial charge in [-0.15, -0.1) is 0 Å². The molecule has 0 radical (unpaired) electrons. The van der Waals surface area contributed by atoms with Crippen LogP contribution in [-0.4, -0.2) is 65.4 Å². The van der Waals surface area contributed by atoms with E-state index in [0.29, 0.717) is 28.6 Å². The molecule has 2 aromatic carbocycles. The number of para-hydroxylation sites is 1. The van der Waals surface area contributed by atoms with Crippen LogP contribution in [0.2, 0.25) is 0 Å². The lowest BCUT2D eigenvalue weighted by molar-refractivity contribution is 0.102. The van der Waals surface area contributed by atoms with E-state index in [1.165, 1.54) is 5.56 Å². The zero-order valence-electron chi connectivity index (χ0n) is 18.1. The van der Waals surface area contributed by atoms with Gasteiger partial charge in [0.15, 0.2) is 11.5 Å². The van der Waals surface area contributed by atoms with Crippen LogP contribution in [0.25, 0.3) is 11.3 Å². The molecule has 3 aromatic rings. The Hall–Kier alpha value is -3.36. The number of hydrogen-bond donors (Lipinski definition) is 2. The van der Waals surface area contributed by atoms with Crippen molar-refractivity contribution in [1.82, 2.24) is 20.0 Å². The Morgan fingerprint density at radius 1 is 1.06 bits per heavy atom. The summed E-state index contributed by atoms with van der Waals surface area (Å²) >= 11 is 0. The zero-order chi connectivity index (χ0) is 21.9. The highest BCUT2D eigenvalue weighted by Gasteiger charge is 2.20. The zero-order valence-corrected chi connectivity index (χ0v) is 18.1. The van der Waals surface area contributed by atoms with Gasteiger partial charge in [-0.25, -0.2) is 0 Å². The molecule has 8 heteroatoms. The number of piperazine rings is 1. The largest absolute Gasteiger partial charge is 0.454 e. The molecule has 0 spiro atoms. The number of carbonyl (C=O) groups excluding carboxylic acids is 1. The van der Waals surface area contributed by atoms with E-state index in [4.69, 9.17) is 9.47 Å². The van der Waals surface area contributed by atoms with Gasteiger partial charge in [-0.3, -0.25) is 14.8 Å². The Bertz CT molecular complexity index is 1090. The Kier molecular flexibility index (Phi) is 5.79. The summed E-state index contributed by atoms with van der Waals surface area (Å²) in [5, 5.41) is 10.1. The van der Waals surface area contributed by atoms with Crippen molar-refractivity contribution >= 4 is 11.7 Å². The maximum Gasteiger partial charge on any atom is 0.256 e. The predicted molar refractivity (Wildman–Crippen MR) is 122 cm³/mol. The summed E-state index contributed by atoms with van der Waals surface area (Å²) in [5.41, 5.74) is 3.33. The van der Waals surface area contributed by atoms with Gasteiger partial charge in [0, 0.05) is 49.9 Å². The number of benzene rings is 2. The van der Waals surface area contributed by atoms with E-state index in [9.17, 15) is 4.79 Å². The number of H-pyrrole nitrogens is 1. The van der Waals surface area contributed by atoms with Crippen LogP contribution in [0.1, 0.15) is 22.8 Å². The molecule has 1 aromatic heterocycles. The topological polar surface area (TPSA) is 82.7 Å². The SMILES string of the molecule is CCN1CCN(Cc2ccc(C(=O)Nc3cc(-c4cccc5c4OCO5)n[nH]3)cc2)CC1. The van der Waals surface area contributed by atoms with E-state index in [-0.39, 0.29) is 12.7 Å². The summed E-state index contributed by atoms with van der Waals surface area (Å²) in [4.78, 5) is 17.6. The van der Waals surface area contributed by atoms with Gasteiger partial charge in [0.25, 0.3) is 5.91 Å². The third kappa shape index (κ3) is 4.32. The Labute approximate surface area is 187 Å². The number of fused-ring (bicyclic) bond motifs is 1. The molecule has 0 unspecified atom stereocenters. The molecular formula is C24H27N5O3. The van der Waals surface area contributed by atoms with Crippen LogP contribution < -0.4 is 14.8 Å². The first-order valence-corrected chi connectivity index (χ1v) is 11.0. The van der Waals surface area contributed by atoms with E-state index in [1.807, 2.05) is 42.5 Å². The molecule has 0 saturated carbocycles. The van der Waals surface area contributed by atoms with Crippen molar-refractivity contribution in [1.29, 1.82) is 0 Å². The first-order chi connectivity index (χ1) is 15.7. The predicted octanol–water partition coefficient (Wildman–Crippen LogP) is 3.20. The normalized spacial score (nSPS) is 16.3. The smallest absolute Gasteiger partial charge is 0.256 e. The standard InChI is InChI=1S/C24H27N5O3/c1-2-28-10-12-29(13-11-28)15-17-6-8-18(9-7-17)24(30)25-22-14-20(26-27-22)19-4-3-5-21-23(19)32-16-31-21/h3-9,14H,2,10-13,15-16H2,1H3,(H2,25,26,27,30). The van der Waals surface area contributed by atoms with Gasteiger partial charge >= 0.3 is 0 Å². The number of aromatic amines is 1. The number of anilines is 1. The van der Waals surface area contributed by atoms with Crippen LogP contribution in [0.15, 0.2) is 48.5 Å². The van der Waals surface area contributed by atoms with E-state index in [0.717, 1.165) is 44.8 Å². The molecule has 2 aliphatic rings. The fraction of sp³-hybridized carbons (Fsp3) is 0.333. The summed E-state index contributed by atoms with van der Waals surface area (Å²) in [6, 6.07) is 15.3. The average Bonchev–Trinajstić information content (AvgIpc) is 3.49.